The van der Waals surface area contributed by atoms with Gasteiger partial charge >= 0.3 is 0 Å². The molecule has 0 N–H and O–H groups in total. The standard InChI is InChI=1S/C6H8FN3/c1-5(2-7)6-9-3-8-4-10-6/h3-5H,2H2,1H3. The van der Waals surface area contributed by atoms with Gasteiger partial charge in [0.1, 0.15) is 18.5 Å². The predicted molar refractivity (Wildman–Crippen MR) is 34.2 cm³/mol. The van der Waals surface area contributed by atoms with Crippen molar-refractivity contribution < 1.29 is 4.39 Å². The molecule has 0 aromatic carbocycles. The van der Waals surface area contributed by atoms with Gasteiger partial charge in [0.05, 0.1) is 6.67 Å². The van der Waals surface area contributed by atoms with Gasteiger partial charge in [-0.2, -0.15) is 0 Å². The first-order valence-corrected chi connectivity index (χ1v) is 3.02. The minimum Gasteiger partial charge on any atom is -0.250 e. The maximum Gasteiger partial charge on any atom is 0.137 e. The quantitative estimate of drug-likeness (QED) is 0.615. The van der Waals surface area contributed by atoms with Crippen molar-refractivity contribution in [3.63, 3.8) is 0 Å². The highest BCUT2D eigenvalue weighted by Gasteiger charge is 2.05. The molecule has 0 fully saturated rings. The van der Waals surface area contributed by atoms with Gasteiger partial charge in [0.25, 0.3) is 0 Å². The number of nitrogens with zero attached hydrogens (tertiary/aromatic N) is 3. The molecule has 54 valence electrons. The minimum atomic E-state index is -0.427. The molecule has 0 radical (unpaired) electrons. The summed E-state index contributed by atoms with van der Waals surface area (Å²) in [6, 6.07) is 0. The van der Waals surface area contributed by atoms with Gasteiger partial charge in [-0.3, -0.25) is 4.39 Å². The average Bonchev–Trinajstić information content (AvgIpc) is 2.05. The molecule has 0 spiro atoms. The van der Waals surface area contributed by atoms with Crippen LogP contribution in [0, 0.1) is 0 Å². The lowest BCUT2D eigenvalue weighted by atomic mass is 10.2. The molecule has 1 aromatic heterocycles. The Hall–Kier alpha value is -1.06. The third-order valence-electron chi connectivity index (χ3n) is 1.19. The van der Waals surface area contributed by atoms with E-state index in [0.29, 0.717) is 5.82 Å². The molecule has 0 saturated carbocycles. The van der Waals surface area contributed by atoms with Crippen molar-refractivity contribution in [1.29, 1.82) is 0 Å². The van der Waals surface area contributed by atoms with Crippen LogP contribution in [0.3, 0.4) is 0 Å². The topological polar surface area (TPSA) is 38.7 Å². The van der Waals surface area contributed by atoms with Gasteiger partial charge < -0.3 is 0 Å². The van der Waals surface area contributed by atoms with Gasteiger partial charge in [-0.05, 0) is 0 Å². The molecule has 0 amide bonds. The first-order valence-electron chi connectivity index (χ1n) is 3.02. The van der Waals surface area contributed by atoms with E-state index in [2.05, 4.69) is 15.0 Å². The maximum atomic E-state index is 12.0. The van der Waals surface area contributed by atoms with Crippen molar-refractivity contribution in [2.24, 2.45) is 0 Å². The highest BCUT2D eigenvalue weighted by atomic mass is 19.1. The molecule has 1 rings (SSSR count). The van der Waals surface area contributed by atoms with Crippen LogP contribution < -0.4 is 0 Å². The zero-order valence-corrected chi connectivity index (χ0v) is 5.66. The minimum absolute atomic E-state index is 0.219. The fourth-order valence-electron chi connectivity index (χ4n) is 0.572. The Kier molecular flexibility index (Phi) is 2.25. The largest absolute Gasteiger partial charge is 0.250 e. The SMILES string of the molecule is CC(CF)c1ncncn1. The number of halogens is 1. The third-order valence-corrected chi connectivity index (χ3v) is 1.19. The Balaban J connectivity index is 2.75. The van der Waals surface area contributed by atoms with Crippen molar-refractivity contribution >= 4 is 0 Å². The van der Waals surface area contributed by atoms with E-state index in [-0.39, 0.29) is 5.92 Å². The molecule has 10 heavy (non-hydrogen) atoms. The van der Waals surface area contributed by atoms with Crippen LogP contribution in [0.5, 0.6) is 0 Å². The van der Waals surface area contributed by atoms with E-state index in [0.717, 1.165) is 0 Å². The van der Waals surface area contributed by atoms with Crippen LogP contribution in [0.25, 0.3) is 0 Å². The molecule has 1 aromatic rings. The molecular formula is C6H8FN3. The molecule has 1 atom stereocenters. The molecule has 1 heterocycles. The maximum absolute atomic E-state index is 12.0. The summed E-state index contributed by atoms with van der Waals surface area (Å²) < 4.78 is 12.0. The summed E-state index contributed by atoms with van der Waals surface area (Å²) in [5, 5.41) is 0. The van der Waals surface area contributed by atoms with E-state index in [1.165, 1.54) is 12.7 Å². The Bertz CT molecular complexity index is 189. The third kappa shape index (κ3) is 1.46. The normalized spacial score (nSPS) is 13.0. The lowest BCUT2D eigenvalue weighted by molar-refractivity contribution is 0.435. The highest BCUT2D eigenvalue weighted by molar-refractivity contribution is 4.90. The molecular weight excluding hydrogens is 133 g/mol. The van der Waals surface area contributed by atoms with Gasteiger partial charge in [0, 0.05) is 5.92 Å². The molecule has 0 bridgehead atoms. The summed E-state index contributed by atoms with van der Waals surface area (Å²) in [5.41, 5.74) is 0. The van der Waals surface area contributed by atoms with E-state index in [4.69, 9.17) is 0 Å². The molecule has 3 nitrogen and oxygen atoms in total. The number of hydrogen-bond donors (Lipinski definition) is 0. The van der Waals surface area contributed by atoms with Crippen LogP contribution in [0.15, 0.2) is 12.7 Å². The zero-order chi connectivity index (χ0) is 7.40. The fourth-order valence-corrected chi connectivity index (χ4v) is 0.572. The van der Waals surface area contributed by atoms with Gasteiger partial charge in [-0.15, -0.1) is 0 Å². The summed E-state index contributed by atoms with van der Waals surface area (Å²) in [4.78, 5) is 11.2. The summed E-state index contributed by atoms with van der Waals surface area (Å²) in [6.45, 7) is 1.30. The van der Waals surface area contributed by atoms with E-state index in [1.54, 1.807) is 6.92 Å². The van der Waals surface area contributed by atoms with Gasteiger partial charge in [-0.25, -0.2) is 15.0 Å². The Morgan fingerprint density at radius 3 is 2.60 bits per heavy atom. The molecule has 0 saturated heterocycles. The second-order valence-electron chi connectivity index (χ2n) is 2.05. The average molecular weight is 141 g/mol. The van der Waals surface area contributed by atoms with Crippen LogP contribution in [-0.2, 0) is 0 Å². The fraction of sp³-hybridized carbons (Fsp3) is 0.500. The van der Waals surface area contributed by atoms with Crippen molar-refractivity contribution in [1.82, 2.24) is 15.0 Å². The first-order chi connectivity index (χ1) is 4.84. The first kappa shape index (κ1) is 7.05. The van der Waals surface area contributed by atoms with E-state index in [9.17, 15) is 4.39 Å². The molecule has 0 aliphatic carbocycles. The Morgan fingerprint density at radius 1 is 1.50 bits per heavy atom. The van der Waals surface area contributed by atoms with Crippen LogP contribution in [0.1, 0.15) is 18.7 Å². The van der Waals surface area contributed by atoms with E-state index < -0.39 is 6.67 Å². The smallest absolute Gasteiger partial charge is 0.137 e. The van der Waals surface area contributed by atoms with Crippen molar-refractivity contribution in [3.05, 3.63) is 18.5 Å². The van der Waals surface area contributed by atoms with Crippen LogP contribution in [-0.4, -0.2) is 21.6 Å². The molecule has 1 unspecified atom stereocenters. The zero-order valence-electron chi connectivity index (χ0n) is 5.66. The lowest BCUT2D eigenvalue weighted by Gasteiger charge is -2.01. The molecule has 4 heteroatoms. The summed E-state index contributed by atoms with van der Waals surface area (Å²) in [6.07, 6.45) is 2.74. The van der Waals surface area contributed by atoms with Crippen LogP contribution in [0.4, 0.5) is 4.39 Å². The van der Waals surface area contributed by atoms with E-state index in [1.807, 2.05) is 0 Å². The van der Waals surface area contributed by atoms with Crippen LogP contribution in [0.2, 0.25) is 0 Å². The second-order valence-corrected chi connectivity index (χ2v) is 2.05. The van der Waals surface area contributed by atoms with Gasteiger partial charge in [0.2, 0.25) is 0 Å². The van der Waals surface area contributed by atoms with Crippen molar-refractivity contribution in [3.8, 4) is 0 Å². The number of aromatic nitrogens is 3. The second kappa shape index (κ2) is 3.20. The lowest BCUT2D eigenvalue weighted by Crippen LogP contribution is -2.01. The highest BCUT2D eigenvalue weighted by Crippen LogP contribution is 2.07. The number of hydrogen-bond acceptors (Lipinski definition) is 3. The van der Waals surface area contributed by atoms with Crippen LogP contribution >= 0.6 is 0 Å². The number of alkyl halides is 1. The number of rotatable bonds is 2. The van der Waals surface area contributed by atoms with Gasteiger partial charge in [0.15, 0.2) is 0 Å². The van der Waals surface area contributed by atoms with Gasteiger partial charge in [-0.1, -0.05) is 6.92 Å². The molecule has 0 aliphatic heterocycles. The molecule has 0 aliphatic rings. The Labute approximate surface area is 58.4 Å². The monoisotopic (exact) mass is 141 g/mol. The van der Waals surface area contributed by atoms with Crippen molar-refractivity contribution in [2.75, 3.05) is 6.67 Å². The van der Waals surface area contributed by atoms with Crippen molar-refractivity contribution in [2.45, 2.75) is 12.8 Å². The summed E-state index contributed by atoms with van der Waals surface area (Å²) in [7, 11) is 0. The Morgan fingerprint density at radius 2 is 2.10 bits per heavy atom. The predicted octanol–water partition coefficient (Wildman–Crippen LogP) is 0.945. The summed E-state index contributed by atoms with van der Waals surface area (Å²) >= 11 is 0. The van der Waals surface area contributed by atoms with E-state index >= 15 is 0 Å². The summed E-state index contributed by atoms with van der Waals surface area (Å²) in [5.74, 6) is 0.292.